The van der Waals surface area contributed by atoms with Crippen LogP contribution < -0.4 is 30.1 Å². The van der Waals surface area contributed by atoms with Gasteiger partial charge in [0.2, 0.25) is 11.8 Å². The predicted octanol–water partition coefficient (Wildman–Crippen LogP) is 5.03. The van der Waals surface area contributed by atoms with Crippen molar-refractivity contribution in [1.29, 1.82) is 0 Å². The molecule has 5 amide bonds. The number of hydrogen-bond acceptors (Lipinski definition) is 10. The first-order chi connectivity index (χ1) is 30.3. The molecule has 0 saturated carbocycles. The standard InChI is InChI=1S/C47H52N6O9S/c1-5-14-36(44(55)52-63(59,60)33-18-10-7-11-19-33)49-45(56)39-25-32(62-41-26-37(29-15-8-6-9-16-29)48-38-24-31(61-4)21-22-35(38)41)27-53(39)47(58)51-42(28(2)3)46(57)50-43-34-20-13-12-17-30(34)23-40(43)54/h6-13,15-22,24,26,28,32,36,39-40,42-43,54H,5,14,23,25,27H2,1-4H3,(H,49,56)(H,50,57)(H,51,58)(H,52,55)/t32?,36-,39?,40+,42-,43-/m0/s1. The minimum Gasteiger partial charge on any atom is -0.497 e. The summed E-state index contributed by atoms with van der Waals surface area (Å²) in [4.78, 5) is 62.4. The highest BCUT2D eigenvalue weighted by Gasteiger charge is 2.44. The van der Waals surface area contributed by atoms with Crippen molar-refractivity contribution in [2.24, 2.45) is 5.92 Å². The number of nitrogens with one attached hydrogen (secondary N) is 4. The van der Waals surface area contributed by atoms with Crippen LogP contribution in [0.3, 0.4) is 0 Å². The van der Waals surface area contributed by atoms with Crippen molar-refractivity contribution in [3.63, 3.8) is 0 Å². The number of pyridine rings is 1. The van der Waals surface area contributed by atoms with E-state index < -0.39 is 76.1 Å². The summed E-state index contributed by atoms with van der Waals surface area (Å²) in [5, 5.41) is 20.0. The lowest BCUT2D eigenvalue weighted by Gasteiger charge is -2.30. The number of methoxy groups -OCH3 is 1. The smallest absolute Gasteiger partial charge is 0.318 e. The second-order valence-electron chi connectivity index (χ2n) is 16.2. The molecule has 0 spiro atoms. The Morgan fingerprint density at radius 3 is 2.29 bits per heavy atom. The summed E-state index contributed by atoms with van der Waals surface area (Å²) in [6, 6.07) is 26.6. The van der Waals surface area contributed by atoms with Crippen molar-refractivity contribution in [3.8, 4) is 22.8 Å². The summed E-state index contributed by atoms with van der Waals surface area (Å²) in [6.45, 7) is 5.23. The van der Waals surface area contributed by atoms with Crippen LogP contribution in [0.4, 0.5) is 4.79 Å². The van der Waals surface area contributed by atoms with Crippen LogP contribution in [0.1, 0.15) is 57.2 Å². The van der Waals surface area contributed by atoms with Gasteiger partial charge >= 0.3 is 6.03 Å². The Morgan fingerprint density at radius 1 is 0.889 bits per heavy atom. The SMILES string of the molecule is CCC[C@H](NC(=O)C1CC(Oc2cc(-c3ccccc3)nc3cc(OC)ccc23)CN1C(=O)N[C@H](C(=O)N[C@H]1c2ccccc2C[C@H]1O)C(C)C)C(=O)NS(=O)(=O)c1ccccc1. The molecule has 16 heteroatoms. The lowest BCUT2D eigenvalue weighted by atomic mass is 10.0. The Bertz CT molecular complexity index is 2580. The Kier molecular flexibility index (Phi) is 13.6. The first-order valence-corrected chi connectivity index (χ1v) is 22.5. The molecule has 1 aliphatic carbocycles. The average molecular weight is 877 g/mol. The Labute approximate surface area is 366 Å². The molecule has 1 saturated heterocycles. The number of amides is 5. The minimum atomic E-state index is -4.26. The maximum Gasteiger partial charge on any atom is 0.318 e. The molecule has 1 aromatic heterocycles. The minimum absolute atomic E-state index is 0.0216. The molecular formula is C47H52N6O9S. The zero-order chi connectivity index (χ0) is 44.8. The fourth-order valence-electron chi connectivity index (χ4n) is 8.12. The average Bonchev–Trinajstić information content (AvgIpc) is 3.85. The van der Waals surface area contributed by atoms with Gasteiger partial charge in [-0.15, -0.1) is 0 Å². The van der Waals surface area contributed by atoms with Crippen LogP contribution in [0, 0.1) is 5.92 Å². The summed E-state index contributed by atoms with van der Waals surface area (Å²) in [6.07, 6.45) is -0.764. The van der Waals surface area contributed by atoms with Gasteiger partial charge in [0, 0.05) is 35.9 Å². The van der Waals surface area contributed by atoms with E-state index in [1.54, 1.807) is 52.1 Å². The Morgan fingerprint density at radius 2 is 1.59 bits per heavy atom. The van der Waals surface area contributed by atoms with Gasteiger partial charge in [0.05, 0.1) is 41.9 Å². The Balaban J connectivity index is 1.17. The van der Waals surface area contributed by atoms with Gasteiger partial charge in [-0.2, -0.15) is 0 Å². The van der Waals surface area contributed by atoms with Crippen LogP contribution in [0.25, 0.3) is 22.2 Å². The van der Waals surface area contributed by atoms with Gasteiger partial charge in [0.15, 0.2) is 0 Å². The van der Waals surface area contributed by atoms with Gasteiger partial charge in [0.25, 0.3) is 15.9 Å². The van der Waals surface area contributed by atoms with Crippen LogP contribution in [-0.2, 0) is 30.8 Å². The van der Waals surface area contributed by atoms with Gasteiger partial charge in [-0.1, -0.05) is 100.0 Å². The second kappa shape index (κ2) is 19.3. The van der Waals surface area contributed by atoms with Crippen molar-refractivity contribution >= 4 is 44.7 Å². The first-order valence-electron chi connectivity index (χ1n) is 21.0. The number of ether oxygens (including phenoxy) is 2. The van der Waals surface area contributed by atoms with E-state index >= 15 is 0 Å². The molecule has 5 N–H and O–H groups in total. The highest BCUT2D eigenvalue weighted by Crippen LogP contribution is 2.35. The fraction of sp³-hybridized carbons (Fsp3) is 0.340. The summed E-state index contributed by atoms with van der Waals surface area (Å²) < 4.78 is 40.5. The lowest BCUT2D eigenvalue weighted by Crippen LogP contribution is -2.58. The van der Waals surface area contributed by atoms with Gasteiger partial charge < -0.3 is 35.4 Å². The molecule has 2 unspecified atom stereocenters. The van der Waals surface area contributed by atoms with Gasteiger partial charge in [-0.25, -0.2) is 22.9 Å². The van der Waals surface area contributed by atoms with E-state index in [1.807, 2.05) is 60.7 Å². The topological polar surface area (TPSA) is 205 Å². The molecule has 63 heavy (non-hydrogen) atoms. The van der Waals surface area contributed by atoms with Crippen LogP contribution >= 0.6 is 0 Å². The van der Waals surface area contributed by atoms with Crippen molar-refractivity contribution in [2.75, 3.05) is 13.7 Å². The van der Waals surface area contributed by atoms with Crippen molar-refractivity contribution in [2.45, 2.75) is 87.7 Å². The number of likely N-dealkylation sites (tertiary alicyclic amines) is 1. The third-order valence-corrected chi connectivity index (χ3v) is 12.8. The summed E-state index contributed by atoms with van der Waals surface area (Å²) >= 11 is 0. The maximum absolute atomic E-state index is 14.5. The quantitative estimate of drug-likeness (QED) is 0.0949. The van der Waals surface area contributed by atoms with E-state index in [1.165, 1.54) is 29.2 Å². The lowest BCUT2D eigenvalue weighted by molar-refractivity contribution is -0.130. The number of aliphatic hydroxyl groups excluding tert-OH is 1. The summed E-state index contributed by atoms with van der Waals surface area (Å²) in [5.41, 5.74) is 3.75. The van der Waals surface area contributed by atoms with Gasteiger partial charge in [-0.3, -0.25) is 14.4 Å². The Hall–Kier alpha value is -6.52. The molecule has 5 aromatic rings. The van der Waals surface area contributed by atoms with E-state index in [0.29, 0.717) is 40.9 Å². The molecule has 4 aromatic carbocycles. The van der Waals surface area contributed by atoms with E-state index in [4.69, 9.17) is 14.5 Å². The molecule has 0 bridgehead atoms. The number of aromatic nitrogens is 1. The number of hydrogen-bond donors (Lipinski definition) is 5. The fourth-order valence-corrected chi connectivity index (χ4v) is 9.16. The van der Waals surface area contributed by atoms with Crippen LogP contribution in [0.2, 0.25) is 0 Å². The largest absolute Gasteiger partial charge is 0.497 e. The number of benzene rings is 4. The van der Waals surface area contributed by atoms with E-state index in [-0.39, 0.29) is 24.3 Å². The molecule has 330 valence electrons. The number of sulfonamides is 1. The van der Waals surface area contributed by atoms with Crippen molar-refractivity contribution in [3.05, 3.63) is 120 Å². The van der Waals surface area contributed by atoms with Crippen molar-refractivity contribution in [1.82, 2.24) is 30.6 Å². The number of fused-ring (bicyclic) bond motifs is 2. The third-order valence-electron chi connectivity index (χ3n) is 11.4. The van der Waals surface area contributed by atoms with Gasteiger partial charge in [0.1, 0.15) is 35.7 Å². The highest BCUT2D eigenvalue weighted by atomic mass is 32.2. The molecule has 1 aliphatic heterocycles. The zero-order valence-electron chi connectivity index (χ0n) is 35.5. The van der Waals surface area contributed by atoms with Gasteiger partial charge in [-0.05, 0) is 47.7 Å². The number of nitrogens with zero attached hydrogens (tertiary/aromatic N) is 2. The second-order valence-corrected chi connectivity index (χ2v) is 17.8. The maximum atomic E-state index is 14.5. The molecule has 6 atom stereocenters. The number of urea groups is 1. The molecule has 15 nitrogen and oxygen atoms in total. The normalized spacial score (nSPS) is 19.2. The molecule has 1 fully saturated rings. The zero-order valence-corrected chi connectivity index (χ0v) is 36.3. The number of rotatable bonds is 15. The van der Waals surface area contributed by atoms with Crippen LogP contribution in [0.5, 0.6) is 11.5 Å². The molecule has 2 heterocycles. The number of carbonyl (C=O) groups excluding carboxylic acids is 4. The van der Waals surface area contributed by atoms with E-state index in [0.717, 1.165) is 16.7 Å². The third kappa shape index (κ3) is 10.1. The summed E-state index contributed by atoms with van der Waals surface area (Å²) in [7, 11) is -2.70. The monoisotopic (exact) mass is 876 g/mol. The van der Waals surface area contributed by atoms with Crippen LogP contribution in [0.15, 0.2) is 114 Å². The summed E-state index contributed by atoms with van der Waals surface area (Å²) in [5.74, 6) is -1.55. The number of carbonyl (C=O) groups is 4. The van der Waals surface area contributed by atoms with E-state index in [9.17, 15) is 32.7 Å². The molecule has 2 aliphatic rings. The first kappa shape index (κ1) is 44.5. The van der Waals surface area contributed by atoms with E-state index in [2.05, 4.69) is 20.7 Å². The molecular weight excluding hydrogens is 825 g/mol. The number of aliphatic hydroxyl groups is 1. The highest BCUT2D eigenvalue weighted by molar-refractivity contribution is 7.90. The predicted molar refractivity (Wildman–Crippen MR) is 236 cm³/mol. The molecule has 7 rings (SSSR count). The van der Waals surface area contributed by atoms with Crippen LogP contribution in [-0.4, -0.2) is 91.1 Å². The molecule has 0 radical (unpaired) electrons. The van der Waals surface area contributed by atoms with Crippen molar-refractivity contribution < 1.29 is 42.2 Å².